The number of fused-ring (bicyclic) bond motifs is 1. The maximum absolute atomic E-state index is 14.6. The van der Waals surface area contributed by atoms with Gasteiger partial charge < -0.3 is 9.15 Å². The van der Waals surface area contributed by atoms with Crippen molar-refractivity contribution < 1.29 is 22.0 Å². The van der Waals surface area contributed by atoms with E-state index in [1.807, 2.05) is 0 Å². The van der Waals surface area contributed by atoms with E-state index in [-0.39, 0.29) is 28.8 Å². The summed E-state index contributed by atoms with van der Waals surface area (Å²) in [6.45, 7) is 1.68. The molecule has 31 heavy (non-hydrogen) atoms. The molecule has 9 nitrogen and oxygen atoms in total. The monoisotopic (exact) mass is 462 g/mol. The van der Waals surface area contributed by atoms with Gasteiger partial charge in [0.05, 0.1) is 0 Å². The number of rotatable bonds is 6. The smallest absolute Gasteiger partial charge is 0.340 e. The number of thiazole rings is 1. The van der Waals surface area contributed by atoms with E-state index in [0.29, 0.717) is 22.1 Å². The Morgan fingerprint density at radius 3 is 2.77 bits per heavy atom. The van der Waals surface area contributed by atoms with Gasteiger partial charge in [-0.25, -0.2) is 24.3 Å². The van der Waals surface area contributed by atoms with Crippen molar-refractivity contribution in [2.45, 2.75) is 13.3 Å². The molecule has 3 heterocycles. The number of aryl methyl sites for hydroxylation is 1. The lowest BCUT2D eigenvalue weighted by molar-refractivity contribution is 0.438. The number of nitrogens with one attached hydrogen (secondary N) is 1. The fourth-order valence-electron chi connectivity index (χ4n) is 3.02. The third-order valence-electron chi connectivity index (χ3n) is 4.40. The first kappa shape index (κ1) is 20.9. The minimum Gasteiger partial charge on any atom is -0.428 e. The number of anilines is 1. The number of aromatic nitrogens is 2. The van der Waals surface area contributed by atoms with Crippen LogP contribution in [0.15, 0.2) is 51.3 Å². The predicted molar refractivity (Wildman–Crippen MR) is 113 cm³/mol. The van der Waals surface area contributed by atoms with Gasteiger partial charge >= 0.3 is 5.63 Å². The summed E-state index contributed by atoms with van der Waals surface area (Å²) in [5.41, 5.74) is 0.983. The molecule has 12 heteroatoms. The third-order valence-corrected chi connectivity index (χ3v) is 5.54. The van der Waals surface area contributed by atoms with Crippen molar-refractivity contribution in [1.29, 1.82) is 0 Å². The molecule has 160 valence electrons. The molecule has 1 aromatic carbocycles. The van der Waals surface area contributed by atoms with Crippen molar-refractivity contribution in [3.63, 3.8) is 0 Å². The maximum Gasteiger partial charge on any atom is 0.340 e. The largest absolute Gasteiger partial charge is 0.428 e. The SMILES string of the molecule is Cc1c(Cc2ccnc(NS(N)(=O)=O)c2)c(=O)oc2cc(Oc3nccs3)c(F)cc12. The van der Waals surface area contributed by atoms with Crippen LogP contribution in [0.3, 0.4) is 0 Å². The molecule has 0 aliphatic carbocycles. The van der Waals surface area contributed by atoms with Crippen molar-refractivity contribution in [2.24, 2.45) is 5.14 Å². The van der Waals surface area contributed by atoms with Gasteiger partial charge in [-0.1, -0.05) is 11.3 Å². The Morgan fingerprint density at radius 2 is 2.06 bits per heavy atom. The van der Waals surface area contributed by atoms with E-state index < -0.39 is 21.7 Å². The van der Waals surface area contributed by atoms with E-state index >= 15 is 0 Å². The average Bonchev–Trinajstić information content (AvgIpc) is 3.19. The zero-order valence-corrected chi connectivity index (χ0v) is 17.6. The van der Waals surface area contributed by atoms with Crippen molar-refractivity contribution >= 4 is 38.3 Å². The first-order valence-electron chi connectivity index (χ1n) is 8.78. The highest BCUT2D eigenvalue weighted by molar-refractivity contribution is 7.90. The van der Waals surface area contributed by atoms with Crippen LogP contribution in [0, 0.1) is 12.7 Å². The van der Waals surface area contributed by atoms with Crippen molar-refractivity contribution in [1.82, 2.24) is 9.97 Å². The van der Waals surface area contributed by atoms with Crippen LogP contribution >= 0.6 is 11.3 Å². The summed E-state index contributed by atoms with van der Waals surface area (Å²) >= 11 is 1.20. The molecule has 0 radical (unpaired) electrons. The lowest BCUT2D eigenvalue weighted by atomic mass is 10.00. The molecule has 0 aliphatic rings. The number of halogens is 1. The Labute approximate surface area is 179 Å². The molecule has 3 aromatic heterocycles. The van der Waals surface area contributed by atoms with Crippen molar-refractivity contribution in [3.8, 4) is 10.9 Å². The fraction of sp³-hybridized carbons (Fsp3) is 0.105. The standard InChI is InChI=1S/C19H15FN4O5S2/c1-10-12-8-14(20)16(29-19-23-4-5-30-19)9-15(12)28-18(25)13(10)6-11-2-3-22-17(7-11)24-31(21,26)27/h2-5,7-9H,6H2,1H3,(H,22,24)(H2,21,26,27). The normalized spacial score (nSPS) is 11.6. The number of hydrogen-bond acceptors (Lipinski definition) is 8. The zero-order chi connectivity index (χ0) is 22.2. The lowest BCUT2D eigenvalue weighted by Crippen LogP contribution is -2.22. The van der Waals surface area contributed by atoms with Crippen LogP contribution in [-0.2, 0) is 16.6 Å². The number of ether oxygens (including phenoxy) is 1. The predicted octanol–water partition coefficient (Wildman–Crippen LogP) is 3.09. The summed E-state index contributed by atoms with van der Waals surface area (Å²) in [6, 6.07) is 5.60. The number of benzene rings is 1. The molecule has 4 rings (SSSR count). The molecule has 0 saturated carbocycles. The Bertz CT molecular complexity index is 1440. The highest BCUT2D eigenvalue weighted by atomic mass is 32.2. The van der Waals surface area contributed by atoms with E-state index in [0.717, 1.165) is 0 Å². The Morgan fingerprint density at radius 1 is 1.26 bits per heavy atom. The zero-order valence-electron chi connectivity index (χ0n) is 16.0. The molecule has 0 unspecified atom stereocenters. The van der Waals surface area contributed by atoms with Gasteiger partial charge in [-0.05, 0) is 36.2 Å². The topological polar surface area (TPSA) is 137 Å². The van der Waals surface area contributed by atoms with Gasteiger partial charge in [-0.2, -0.15) is 8.42 Å². The Kier molecular flexibility index (Phi) is 5.43. The summed E-state index contributed by atoms with van der Waals surface area (Å²) < 4.78 is 49.9. The van der Waals surface area contributed by atoms with Crippen LogP contribution in [0.1, 0.15) is 16.7 Å². The fourth-order valence-corrected chi connectivity index (χ4v) is 3.92. The highest BCUT2D eigenvalue weighted by Crippen LogP contribution is 2.31. The molecule has 0 fully saturated rings. The van der Waals surface area contributed by atoms with Crippen molar-refractivity contribution in [3.05, 3.63) is 75.0 Å². The molecule has 0 spiro atoms. The maximum atomic E-state index is 14.6. The van der Waals surface area contributed by atoms with Crippen LogP contribution in [0.25, 0.3) is 11.0 Å². The highest BCUT2D eigenvalue weighted by Gasteiger charge is 2.17. The quantitative estimate of drug-likeness (QED) is 0.420. The number of nitrogens with two attached hydrogens (primary N) is 1. The first-order chi connectivity index (χ1) is 14.7. The van der Waals surface area contributed by atoms with E-state index in [4.69, 9.17) is 14.3 Å². The minimum absolute atomic E-state index is 0.0119. The number of pyridine rings is 1. The molecule has 4 aromatic rings. The van der Waals surface area contributed by atoms with E-state index in [9.17, 15) is 17.6 Å². The summed E-state index contributed by atoms with van der Waals surface area (Å²) in [6.07, 6.45) is 3.02. The van der Waals surface area contributed by atoms with Gasteiger partial charge in [0.15, 0.2) is 11.6 Å². The van der Waals surface area contributed by atoms with Gasteiger partial charge in [0.1, 0.15) is 11.4 Å². The van der Waals surface area contributed by atoms with Gasteiger partial charge in [0.25, 0.3) is 15.4 Å². The second-order valence-electron chi connectivity index (χ2n) is 6.55. The summed E-state index contributed by atoms with van der Waals surface area (Å²) in [7, 11) is -3.99. The molecule has 0 amide bonds. The van der Waals surface area contributed by atoms with Gasteiger partial charge in [-0.3, -0.25) is 4.72 Å². The lowest BCUT2D eigenvalue weighted by Gasteiger charge is -2.11. The molecular formula is C19H15FN4O5S2. The van der Waals surface area contributed by atoms with Gasteiger partial charge in [0.2, 0.25) is 0 Å². The molecule has 0 atom stereocenters. The molecule has 0 aliphatic heterocycles. The molecular weight excluding hydrogens is 447 g/mol. The number of nitrogens with zero attached hydrogens (tertiary/aromatic N) is 2. The van der Waals surface area contributed by atoms with Crippen LogP contribution in [0.5, 0.6) is 10.9 Å². The van der Waals surface area contributed by atoms with Crippen LogP contribution in [-0.4, -0.2) is 18.4 Å². The molecule has 0 saturated heterocycles. The number of hydrogen-bond donors (Lipinski definition) is 2. The van der Waals surface area contributed by atoms with E-state index in [1.54, 1.807) is 18.4 Å². The van der Waals surface area contributed by atoms with Gasteiger partial charge in [-0.15, -0.1) is 0 Å². The minimum atomic E-state index is -3.99. The first-order valence-corrected chi connectivity index (χ1v) is 11.2. The second kappa shape index (κ2) is 8.06. The van der Waals surface area contributed by atoms with E-state index in [2.05, 4.69) is 14.7 Å². The third kappa shape index (κ3) is 4.71. The summed E-state index contributed by atoms with van der Waals surface area (Å²) in [5, 5.41) is 7.32. The summed E-state index contributed by atoms with van der Waals surface area (Å²) in [4.78, 5) is 20.4. The van der Waals surface area contributed by atoms with Gasteiger partial charge in [0, 0.05) is 41.2 Å². The van der Waals surface area contributed by atoms with Crippen LogP contribution < -0.4 is 20.2 Å². The molecule has 0 bridgehead atoms. The van der Waals surface area contributed by atoms with Crippen molar-refractivity contribution in [2.75, 3.05) is 4.72 Å². The molecule has 3 N–H and O–H groups in total. The Hall–Kier alpha value is -3.35. The van der Waals surface area contributed by atoms with E-state index in [1.165, 1.54) is 41.9 Å². The average molecular weight is 462 g/mol. The second-order valence-corrected chi connectivity index (χ2v) is 8.70. The Balaban J connectivity index is 1.71. The van der Waals surface area contributed by atoms with Crippen LogP contribution in [0.4, 0.5) is 10.2 Å². The van der Waals surface area contributed by atoms with Crippen LogP contribution in [0.2, 0.25) is 0 Å². The summed E-state index contributed by atoms with van der Waals surface area (Å²) in [5.74, 6) is -0.724.